The summed E-state index contributed by atoms with van der Waals surface area (Å²) in [6, 6.07) is 6.81. The summed E-state index contributed by atoms with van der Waals surface area (Å²) in [6.45, 7) is 1.50. The van der Waals surface area contributed by atoms with Crippen LogP contribution in [0.2, 0.25) is 0 Å². The van der Waals surface area contributed by atoms with Crippen LogP contribution in [0.25, 0.3) is 0 Å². The molecule has 0 radical (unpaired) electrons. The van der Waals surface area contributed by atoms with Crippen molar-refractivity contribution in [2.45, 2.75) is 6.92 Å². The van der Waals surface area contributed by atoms with Crippen LogP contribution >= 0.6 is 31.9 Å². The Balaban J connectivity index is 2.32. The highest BCUT2D eigenvalue weighted by molar-refractivity contribution is 9.11. The highest BCUT2D eigenvalue weighted by atomic mass is 79.9. The first-order chi connectivity index (χ1) is 9.51. The lowest BCUT2D eigenvalue weighted by Gasteiger charge is -2.10. The van der Waals surface area contributed by atoms with Crippen LogP contribution in [0.3, 0.4) is 0 Å². The Kier molecular flexibility index (Phi) is 4.77. The van der Waals surface area contributed by atoms with E-state index in [1.807, 2.05) is 0 Å². The van der Waals surface area contributed by atoms with Gasteiger partial charge in [0.25, 0.3) is 0 Å². The highest BCUT2D eigenvalue weighted by Crippen LogP contribution is 2.37. The third-order valence-electron chi connectivity index (χ3n) is 2.56. The second kappa shape index (κ2) is 6.37. The number of halogens is 2. The summed E-state index contributed by atoms with van der Waals surface area (Å²) in [7, 11) is 1.59. The summed E-state index contributed by atoms with van der Waals surface area (Å²) in [5.74, 6) is 1.59. The molecule has 2 rings (SSSR count). The maximum Gasteiger partial charge on any atom is 0.219 e. The standard InChI is InChI=1S/C14H11Br2NO3/c1-8(18)9-3-4-17-14(5-9)20-13-7-10(15)12(19-2)6-11(13)16/h3-7H,1-2H3. The number of methoxy groups -OCH3 is 1. The molecule has 0 amide bonds. The number of rotatable bonds is 4. The maximum absolute atomic E-state index is 11.3. The molecule has 0 saturated heterocycles. The summed E-state index contributed by atoms with van der Waals surface area (Å²) < 4.78 is 12.4. The minimum atomic E-state index is -0.0350. The van der Waals surface area contributed by atoms with E-state index in [0.717, 1.165) is 8.95 Å². The molecule has 0 aliphatic rings. The highest BCUT2D eigenvalue weighted by Gasteiger charge is 2.10. The lowest BCUT2D eigenvalue weighted by Crippen LogP contribution is -1.95. The molecule has 0 saturated carbocycles. The fourth-order valence-corrected chi connectivity index (χ4v) is 2.43. The molecule has 0 spiro atoms. The van der Waals surface area contributed by atoms with Gasteiger partial charge in [0, 0.05) is 17.8 Å². The second-order valence-electron chi connectivity index (χ2n) is 3.96. The molecule has 1 aromatic heterocycles. The van der Waals surface area contributed by atoms with Crippen LogP contribution in [0, 0.1) is 0 Å². The quantitative estimate of drug-likeness (QED) is 0.703. The van der Waals surface area contributed by atoms with Gasteiger partial charge in [-0.15, -0.1) is 0 Å². The number of aromatic nitrogens is 1. The van der Waals surface area contributed by atoms with Crippen molar-refractivity contribution in [3.63, 3.8) is 0 Å². The van der Waals surface area contributed by atoms with Crippen molar-refractivity contribution in [2.24, 2.45) is 0 Å². The van der Waals surface area contributed by atoms with Crippen LogP contribution in [-0.4, -0.2) is 17.9 Å². The first-order valence-corrected chi connectivity index (χ1v) is 7.27. The number of pyridine rings is 1. The predicted molar refractivity (Wildman–Crippen MR) is 82.7 cm³/mol. The molecule has 2 aromatic rings. The Bertz CT molecular complexity index is 659. The van der Waals surface area contributed by atoms with E-state index in [-0.39, 0.29) is 5.78 Å². The van der Waals surface area contributed by atoms with Crippen molar-refractivity contribution in [1.29, 1.82) is 0 Å². The molecule has 0 bridgehead atoms. The van der Waals surface area contributed by atoms with Crippen LogP contribution in [0.5, 0.6) is 17.4 Å². The minimum Gasteiger partial charge on any atom is -0.496 e. The predicted octanol–water partition coefficient (Wildman–Crippen LogP) is 4.61. The molecule has 4 nitrogen and oxygen atoms in total. The van der Waals surface area contributed by atoms with Crippen molar-refractivity contribution < 1.29 is 14.3 Å². The van der Waals surface area contributed by atoms with Gasteiger partial charge in [0.05, 0.1) is 16.1 Å². The normalized spacial score (nSPS) is 10.2. The monoisotopic (exact) mass is 399 g/mol. The van der Waals surface area contributed by atoms with Gasteiger partial charge in [-0.3, -0.25) is 4.79 Å². The lowest BCUT2D eigenvalue weighted by atomic mass is 10.2. The van der Waals surface area contributed by atoms with E-state index < -0.39 is 0 Å². The maximum atomic E-state index is 11.3. The number of carbonyl (C=O) groups is 1. The first-order valence-electron chi connectivity index (χ1n) is 5.69. The average molecular weight is 401 g/mol. The number of nitrogens with zero attached hydrogens (tertiary/aromatic N) is 1. The molecule has 104 valence electrons. The van der Waals surface area contributed by atoms with Crippen molar-refractivity contribution in [3.8, 4) is 17.4 Å². The zero-order valence-electron chi connectivity index (χ0n) is 10.8. The van der Waals surface area contributed by atoms with Crippen molar-refractivity contribution in [1.82, 2.24) is 4.98 Å². The zero-order valence-corrected chi connectivity index (χ0v) is 14.0. The van der Waals surface area contributed by atoms with Gasteiger partial charge in [0.2, 0.25) is 5.88 Å². The number of ether oxygens (including phenoxy) is 2. The Morgan fingerprint density at radius 3 is 2.45 bits per heavy atom. The molecular formula is C14H11Br2NO3. The number of benzene rings is 1. The molecule has 0 unspecified atom stereocenters. The lowest BCUT2D eigenvalue weighted by molar-refractivity contribution is 0.101. The van der Waals surface area contributed by atoms with Gasteiger partial charge in [-0.25, -0.2) is 4.98 Å². The summed E-state index contributed by atoms with van der Waals surface area (Å²) in [5, 5.41) is 0. The summed E-state index contributed by atoms with van der Waals surface area (Å²) in [4.78, 5) is 15.4. The molecular weight excluding hydrogens is 390 g/mol. The van der Waals surface area contributed by atoms with E-state index in [2.05, 4.69) is 36.8 Å². The molecule has 20 heavy (non-hydrogen) atoms. The Morgan fingerprint density at radius 1 is 1.15 bits per heavy atom. The zero-order chi connectivity index (χ0) is 14.7. The number of hydrogen-bond donors (Lipinski definition) is 0. The Labute approximate surface area is 133 Å². The van der Waals surface area contributed by atoms with Gasteiger partial charge < -0.3 is 9.47 Å². The molecule has 0 fully saturated rings. The minimum absolute atomic E-state index is 0.0350. The van der Waals surface area contributed by atoms with E-state index in [0.29, 0.717) is 22.9 Å². The third kappa shape index (κ3) is 3.37. The fraction of sp³-hybridized carbons (Fsp3) is 0.143. The third-order valence-corrected chi connectivity index (χ3v) is 3.80. The molecule has 1 aromatic carbocycles. The summed E-state index contributed by atoms with van der Waals surface area (Å²) in [6.07, 6.45) is 1.54. The molecule has 0 aliphatic heterocycles. The van der Waals surface area contributed by atoms with E-state index in [1.54, 1.807) is 37.6 Å². The van der Waals surface area contributed by atoms with Crippen molar-refractivity contribution in [2.75, 3.05) is 7.11 Å². The van der Waals surface area contributed by atoms with Crippen LogP contribution in [0.15, 0.2) is 39.4 Å². The van der Waals surface area contributed by atoms with E-state index in [4.69, 9.17) is 9.47 Å². The van der Waals surface area contributed by atoms with Crippen LogP contribution in [-0.2, 0) is 0 Å². The van der Waals surface area contributed by atoms with Crippen molar-refractivity contribution in [3.05, 3.63) is 45.0 Å². The van der Waals surface area contributed by atoms with Gasteiger partial charge in [-0.2, -0.15) is 0 Å². The summed E-state index contributed by atoms with van der Waals surface area (Å²) >= 11 is 6.80. The Hall–Kier alpha value is -1.40. The summed E-state index contributed by atoms with van der Waals surface area (Å²) in [5.41, 5.74) is 0.554. The van der Waals surface area contributed by atoms with Crippen LogP contribution in [0.1, 0.15) is 17.3 Å². The largest absolute Gasteiger partial charge is 0.496 e. The molecule has 0 aliphatic carbocycles. The number of ketones is 1. The van der Waals surface area contributed by atoms with Gasteiger partial charge in [-0.1, -0.05) is 0 Å². The molecule has 6 heteroatoms. The molecule has 1 heterocycles. The number of hydrogen-bond acceptors (Lipinski definition) is 4. The van der Waals surface area contributed by atoms with E-state index >= 15 is 0 Å². The van der Waals surface area contributed by atoms with Crippen LogP contribution < -0.4 is 9.47 Å². The smallest absolute Gasteiger partial charge is 0.219 e. The van der Waals surface area contributed by atoms with Gasteiger partial charge >= 0.3 is 0 Å². The topological polar surface area (TPSA) is 48.4 Å². The first kappa shape index (κ1) is 15.0. The number of Topliss-reactive ketones (excluding diaryl/α,β-unsaturated/α-hetero) is 1. The van der Waals surface area contributed by atoms with E-state index in [1.165, 1.54) is 6.92 Å². The van der Waals surface area contributed by atoms with Gasteiger partial charge in [0.15, 0.2) is 5.78 Å². The Morgan fingerprint density at radius 2 is 1.80 bits per heavy atom. The molecule has 0 N–H and O–H groups in total. The van der Waals surface area contributed by atoms with Gasteiger partial charge in [-0.05, 0) is 57.0 Å². The SMILES string of the molecule is COc1cc(Br)c(Oc2cc(C(C)=O)ccn2)cc1Br. The fourth-order valence-electron chi connectivity index (χ4n) is 1.54. The second-order valence-corrected chi connectivity index (χ2v) is 5.67. The molecule has 0 atom stereocenters. The van der Waals surface area contributed by atoms with Crippen LogP contribution in [0.4, 0.5) is 0 Å². The average Bonchev–Trinajstić information content (AvgIpc) is 2.42. The van der Waals surface area contributed by atoms with Crippen molar-refractivity contribution >= 4 is 37.6 Å². The number of carbonyl (C=O) groups excluding carboxylic acids is 1. The van der Waals surface area contributed by atoms with E-state index in [9.17, 15) is 4.79 Å². The van der Waals surface area contributed by atoms with Gasteiger partial charge in [0.1, 0.15) is 11.5 Å².